The van der Waals surface area contributed by atoms with E-state index in [0.717, 1.165) is 35.5 Å². The summed E-state index contributed by atoms with van der Waals surface area (Å²) in [7, 11) is 1.78. The average molecular weight is 364 g/mol. The van der Waals surface area contributed by atoms with Gasteiger partial charge in [-0.05, 0) is 37.1 Å². The summed E-state index contributed by atoms with van der Waals surface area (Å²) in [6.07, 6.45) is 5.52. The zero-order chi connectivity index (χ0) is 15.7. The second kappa shape index (κ2) is 6.24. The molecule has 1 aliphatic carbocycles. The maximum Gasteiger partial charge on any atom is 0.349 e. The first-order chi connectivity index (χ1) is 10.6. The topological polar surface area (TPSA) is 50.5 Å². The SMILES string of the molecule is CN(C(=O)c1cc2cc(Br)ccc2oc1=O)C1CCCCC1. The van der Waals surface area contributed by atoms with E-state index >= 15 is 0 Å². The van der Waals surface area contributed by atoms with Crippen LogP contribution in [-0.4, -0.2) is 23.9 Å². The molecule has 0 radical (unpaired) electrons. The third-order valence-corrected chi connectivity index (χ3v) is 4.86. The molecule has 0 unspecified atom stereocenters. The van der Waals surface area contributed by atoms with Gasteiger partial charge in [0.2, 0.25) is 0 Å². The van der Waals surface area contributed by atoms with Crippen LogP contribution in [0.2, 0.25) is 0 Å². The first-order valence-corrected chi connectivity index (χ1v) is 8.36. The molecule has 4 nitrogen and oxygen atoms in total. The maximum absolute atomic E-state index is 12.6. The predicted octanol–water partition coefficient (Wildman–Crippen LogP) is 3.96. The third kappa shape index (κ3) is 2.95. The first kappa shape index (κ1) is 15.3. The van der Waals surface area contributed by atoms with Crippen molar-refractivity contribution in [2.24, 2.45) is 0 Å². The van der Waals surface area contributed by atoms with Gasteiger partial charge in [-0.3, -0.25) is 4.79 Å². The van der Waals surface area contributed by atoms with Crippen molar-refractivity contribution in [3.05, 3.63) is 44.7 Å². The highest BCUT2D eigenvalue weighted by Crippen LogP contribution is 2.24. The van der Waals surface area contributed by atoms with E-state index in [9.17, 15) is 9.59 Å². The van der Waals surface area contributed by atoms with Crippen molar-refractivity contribution in [3.8, 4) is 0 Å². The Labute approximate surface area is 137 Å². The number of hydrogen-bond acceptors (Lipinski definition) is 3. The van der Waals surface area contributed by atoms with Gasteiger partial charge >= 0.3 is 5.63 Å². The normalized spacial score (nSPS) is 15.9. The van der Waals surface area contributed by atoms with E-state index in [0.29, 0.717) is 5.58 Å². The molecule has 0 saturated heterocycles. The van der Waals surface area contributed by atoms with E-state index in [-0.39, 0.29) is 17.5 Å². The van der Waals surface area contributed by atoms with Crippen LogP contribution in [0, 0.1) is 0 Å². The molecule has 0 atom stereocenters. The lowest BCUT2D eigenvalue weighted by Crippen LogP contribution is -2.40. The van der Waals surface area contributed by atoms with Gasteiger partial charge in [0.15, 0.2) is 0 Å². The molecule has 1 saturated carbocycles. The largest absolute Gasteiger partial charge is 0.422 e. The smallest absolute Gasteiger partial charge is 0.349 e. The highest BCUT2D eigenvalue weighted by Gasteiger charge is 2.25. The molecule has 1 amide bonds. The highest BCUT2D eigenvalue weighted by atomic mass is 79.9. The maximum atomic E-state index is 12.6. The molecule has 3 rings (SSSR count). The molecule has 1 aliphatic rings. The molecule has 0 bridgehead atoms. The number of hydrogen-bond donors (Lipinski definition) is 0. The minimum atomic E-state index is -0.567. The fraction of sp³-hybridized carbons (Fsp3) is 0.412. The van der Waals surface area contributed by atoms with Crippen LogP contribution in [0.15, 0.2) is 37.9 Å². The molecule has 116 valence electrons. The molecule has 0 N–H and O–H groups in total. The molecule has 0 aliphatic heterocycles. The summed E-state index contributed by atoms with van der Waals surface area (Å²) in [5.74, 6) is -0.248. The fourth-order valence-electron chi connectivity index (χ4n) is 3.07. The molecular weight excluding hydrogens is 346 g/mol. The number of benzene rings is 1. The Morgan fingerprint density at radius 1 is 1.23 bits per heavy atom. The van der Waals surface area contributed by atoms with Crippen LogP contribution in [0.1, 0.15) is 42.5 Å². The van der Waals surface area contributed by atoms with Crippen molar-refractivity contribution in [3.63, 3.8) is 0 Å². The summed E-state index contributed by atoms with van der Waals surface area (Å²) in [5.41, 5.74) is 0.0335. The highest BCUT2D eigenvalue weighted by molar-refractivity contribution is 9.10. The Morgan fingerprint density at radius 2 is 1.95 bits per heavy atom. The number of fused-ring (bicyclic) bond motifs is 1. The van der Waals surface area contributed by atoms with Crippen molar-refractivity contribution in [2.45, 2.75) is 38.1 Å². The van der Waals surface area contributed by atoms with E-state index in [1.54, 1.807) is 30.1 Å². The number of rotatable bonds is 2. The van der Waals surface area contributed by atoms with Crippen molar-refractivity contribution in [2.75, 3.05) is 7.05 Å². The predicted molar refractivity (Wildman–Crippen MR) is 89.2 cm³/mol. The first-order valence-electron chi connectivity index (χ1n) is 7.57. The lowest BCUT2D eigenvalue weighted by Gasteiger charge is -2.31. The van der Waals surface area contributed by atoms with Gasteiger partial charge in [0, 0.05) is 22.9 Å². The van der Waals surface area contributed by atoms with E-state index in [2.05, 4.69) is 15.9 Å². The Balaban J connectivity index is 1.95. The van der Waals surface area contributed by atoms with Gasteiger partial charge in [-0.25, -0.2) is 4.79 Å². The fourth-order valence-corrected chi connectivity index (χ4v) is 3.45. The van der Waals surface area contributed by atoms with Crippen molar-refractivity contribution in [1.29, 1.82) is 0 Å². The average Bonchev–Trinajstić information content (AvgIpc) is 2.54. The number of amides is 1. The summed E-state index contributed by atoms with van der Waals surface area (Å²) in [6.45, 7) is 0. The van der Waals surface area contributed by atoms with E-state index in [1.165, 1.54) is 6.42 Å². The molecule has 0 spiro atoms. The van der Waals surface area contributed by atoms with Crippen LogP contribution in [0.3, 0.4) is 0 Å². The number of carbonyl (C=O) groups is 1. The molecule has 1 aromatic carbocycles. The van der Waals surface area contributed by atoms with Gasteiger partial charge in [0.05, 0.1) is 0 Å². The summed E-state index contributed by atoms with van der Waals surface area (Å²) in [4.78, 5) is 26.5. The van der Waals surface area contributed by atoms with Crippen LogP contribution >= 0.6 is 15.9 Å². The van der Waals surface area contributed by atoms with Gasteiger partial charge < -0.3 is 9.32 Å². The quantitative estimate of drug-likeness (QED) is 0.758. The molecule has 1 fully saturated rings. The van der Waals surface area contributed by atoms with Crippen LogP contribution in [0.4, 0.5) is 0 Å². The Hall–Kier alpha value is -1.62. The van der Waals surface area contributed by atoms with Crippen LogP contribution in [0.25, 0.3) is 11.0 Å². The molecule has 2 aromatic rings. The molecular formula is C17H18BrNO3. The Kier molecular flexibility index (Phi) is 4.34. The third-order valence-electron chi connectivity index (χ3n) is 4.37. The van der Waals surface area contributed by atoms with Crippen LogP contribution < -0.4 is 5.63 Å². The number of halogens is 1. The molecule has 1 heterocycles. The molecule has 1 aromatic heterocycles. The minimum Gasteiger partial charge on any atom is -0.422 e. The summed E-state index contributed by atoms with van der Waals surface area (Å²) < 4.78 is 6.16. The Morgan fingerprint density at radius 3 is 2.68 bits per heavy atom. The second-order valence-corrected chi connectivity index (χ2v) is 6.75. The van der Waals surface area contributed by atoms with Gasteiger partial charge in [0.1, 0.15) is 11.1 Å². The van der Waals surface area contributed by atoms with Gasteiger partial charge in [0.25, 0.3) is 5.91 Å². The van der Waals surface area contributed by atoms with Gasteiger partial charge in [-0.1, -0.05) is 35.2 Å². The van der Waals surface area contributed by atoms with Gasteiger partial charge in [-0.15, -0.1) is 0 Å². The van der Waals surface area contributed by atoms with E-state index in [4.69, 9.17) is 4.42 Å². The van der Waals surface area contributed by atoms with Crippen LogP contribution in [-0.2, 0) is 0 Å². The summed E-state index contributed by atoms with van der Waals surface area (Å²) in [6, 6.07) is 7.23. The number of carbonyl (C=O) groups excluding carboxylic acids is 1. The van der Waals surface area contributed by atoms with Crippen molar-refractivity contribution < 1.29 is 9.21 Å². The van der Waals surface area contributed by atoms with Crippen LogP contribution in [0.5, 0.6) is 0 Å². The molecule has 5 heteroatoms. The Bertz CT molecular complexity index is 762. The number of nitrogens with zero attached hydrogens (tertiary/aromatic N) is 1. The zero-order valence-electron chi connectivity index (χ0n) is 12.5. The minimum absolute atomic E-state index is 0.110. The van der Waals surface area contributed by atoms with E-state index < -0.39 is 5.63 Å². The standard InChI is InChI=1S/C17H18BrNO3/c1-19(13-5-3-2-4-6-13)16(20)14-10-11-9-12(18)7-8-15(11)22-17(14)21/h7-10,13H,2-6H2,1H3. The summed E-state index contributed by atoms with van der Waals surface area (Å²) >= 11 is 3.39. The van der Waals surface area contributed by atoms with Crippen molar-refractivity contribution >= 4 is 32.8 Å². The lowest BCUT2D eigenvalue weighted by molar-refractivity contribution is 0.0692. The monoisotopic (exact) mass is 363 g/mol. The van der Waals surface area contributed by atoms with E-state index in [1.807, 2.05) is 6.07 Å². The van der Waals surface area contributed by atoms with Gasteiger partial charge in [-0.2, -0.15) is 0 Å². The molecule has 22 heavy (non-hydrogen) atoms. The lowest BCUT2D eigenvalue weighted by atomic mass is 9.94. The zero-order valence-corrected chi connectivity index (χ0v) is 14.1. The second-order valence-electron chi connectivity index (χ2n) is 5.84. The van der Waals surface area contributed by atoms with Crippen molar-refractivity contribution in [1.82, 2.24) is 4.90 Å². The summed E-state index contributed by atoms with van der Waals surface area (Å²) in [5, 5.41) is 0.745.